The van der Waals surface area contributed by atoms with Crippen LogP contribution in [0.3, 0.4) is 0 Å². The average Bonchev–Trinajstić information content (AvgIpc) is 2.88. The normalized spacial score (nSPS) is 22.8. The monoisotopic (exact) mass is 536 g/mol. The number of halogens is 4. The molecule has 12 heteroatoms. The zero-order valence-electron chi connectivity index (χ0n) is 19.6. The van der Waals surface area contributed by atoms with E-state index >= 15 is 4.39 Å². The molecule has 37 heavy (non-hydrogen) atoms. The van der Waals surface area contributed by atoms with E-state index in [4.69, 9.17) is 4.74 Å². The van der Waals surface area contributed by atoms with Crippen molar-refractivity contribution in [1.29, 1.82) is 0 Å². The molecule has 4 heterocycles. The van der Waals surface area contributed by atoms with Gasteiger partial charge in [-0.25, -0.2) is 22.8 Å². The second-order valence-corrected chi connectivity index (χ2v) is 11.2. The number of sulfone groups is 1. The standard InChI is InChI=1S/C25H24F4N4O3S/c26-19-12-18-21(33-9-5-16(25(27,28)29)11-22(33)20-3-1-2-7-31-20)6-10-36-23(18)13-24(19)37(34,35)14-17-4-8-30-15-32-17/h1-4,7-8,12-13,15-16,21-22H,5-6,9-11,14H2/t16-,21?,22+/m1/s1. The maximum absolute atomic E-state index is 15.3. The number of pyridine rings is 1. The Morgan fingerprint density at radius 2 is 1.89 bits per heavy atom. The molecule has 1 fully saturated rings. The molecule has 7 nitrogen and oxygen atoms in total. The summed E-state index contributed by atoms with van der Waals surface area (Å²) < 4.78 is 87.9. The van der Waals surface area contributed by atoms with Crippen molar-refractivity contribution in [3.05, 3.63) is 77.9 Å². The van der Waals surface area contributed by atoms with Crippen molar-refractivity contribution in [1.82, 2.24) is 19.9 Å². The van der Waals surface area contributed by atoms with Crippen molar-refractivity contribution in [3.8, 4) is 5.75 Å². The lowest BCUT2D eigenvalue weighted by atomic mass is 9.85. The first-order chi connectivity index (χ1) is 17.6. The number of rotatable bonds is 5. The molecule has 196 valence electrons. The van der Waals surface area contributed by atoms with E-state index in [9.17, 15) is 21.6 Å². The highest BCUT2D eigenvalue weighted by Crippen LogP contribution is 2.48. The molecular formula is C25H24F4N4O3S. The van der Waals surface area contributed by atoms with Crippen molar-refractivity contribution < 1.29 is 30.7 Å². The fourth-order valence-corrected chi connectivity index (χ4v) is 6.51. The Labute approximate surface area is 211 Å². The quantitative estimate of drug-likeness (QED) is 0.432. The third kappa shape index (κ3) is 5.30. The predicted octanol–water partition coefficient (Wildman–Crippen LogP) is 4.82. The first-order valence-corrected chi connectivity index (χ1v) is 13.5. The lowest BCUT2D eigenvalue weighted by molar-refractivity contribution is -0.192. The molecule has 0 radical (unpaired) electrons. The Bertz CT molecular complexity index is 1360. The molecule has 0 N–H and O–H groups in total. The van der Waals surface area contributed by atoms with E-state index in [-0.39, 0.29) is 37.4 Å². The van der Waals surface area contributed by atoms with Gasteiger partial charge in [-0.05, 0) is 37.1 Å². The summed E-state index contributed by atoms with van der Waals surface area (Å²) in [5.74, 6) is -2.72. The largest absolute Gasteiger partial charge is 0.493 e. The van der Waals surface area contributed by atoms with E-state index in [1.165, 1.54) is 30.9 Å². The van der Waals surface area contributed by atoms with Crippen LogP contribution in [0.25, 0.3) is 0 Å². The third-order valence-corrected chi connectivity index (χ3v) is 8.58. The lowest BCUT2D eigenvalue weighted by Gasteiger charge is -2.45. The van der Waals surface area contributed by atoms with Crippen LogP contribution in [-0.4, -0.2) is 47.6 Å². The molecule has 3 aromatic rings. The predicted molar refractivity (Wildman–Crippen MR) is 125 cm³/mol. The number of likely N-dealkylation sites (tertiary alicyclic amines) is 1. The number of fused-ring (bicyclic) bond motifs is 1. The van der Waals surface area contributed by atoms with Gasteiger partial charge in [-0.2, -0.15) is 13.2 Å². The summed E-state index contributed by atoms with van der Waals surface area (Å²) in [4.78, 5) is 13.4. The van der Waals surface area contributed by atoms with Gasteiger partial charge in [-0.1, -0.05) is 6.07 Å². The van der Waals surface area contributed by atoms with Gasteiger partial charge >= 0.3 is 6.18 Å². The first-order valence-electron chi connectivity index (χ1n) is 11.8. The fourth-order valence-electron chi connectivity index (χ4n) is 5.15. The number of alkyl halides is 3. The van der Waals surface area contributed by atoms with Gasteiger partial charge in [0.15, 0.2) is 9.84 Å². The van der Waals surface area contributed by atoms with E-state index in [1.54, 1.807) is 18.2 Å². The Hall–Kier alpha value is -3.12. The molecule has 2 aromatic heterocycles. The summed E-state index contributed by atoms with van der Waals surface area (Å²) in [5.41, 5.74) is 1.14. The van der Waals surface area contributed by atoms with E-state index < -0.39 is 50.5 Å². The zero-order valence-corrected chi connectivity index (χ0v) is 20.4. The topological polar surface area (TPSA) is 85.3 Å². The van der Waals surface area contributed by atoms with Gasteiger partial charge in [0.25, 0.3) is 0 Å². The van der Waals surface area contributed by atoms with Crippen LogP contribution in [0.5, 0.6) is 5.75 Å². The minimum Gasteiger partial charge on any atom is -0.493 e. The summed E-state index contributed by atoms with van der Waals surface area (Å²) in [6, 6.07) is 7.76. The molecule has 2 aliphatic heterocycles. The Kier molecular flexibility index (Phi) is 6.88. The van der Waals surface area contributed by atoms with Crippen LogP contribution < -0.4 is 4.74 Å². The average molecular weight is 537 g/mol. The van der Waals surface area contributed by atoms with Gasteiger partial charge < -0.3 is 4.74 Å². The molecule has 2 aliphatic rings. The number of hydrogen-bond donors (Lipinski definition) is 0. The molecule has 0 aliphatic carbocycles. The van der Waals surface area contributed by atoms with Crippen LogP contribution in [0.1, 0.15) is 48.3 Å². The Morgan fingerprint density at radius 1 is 1.05 bits per heavy atom. The van der Waals surface area contributed by atoms with Gasteiger partial charge in [0.1, 0.15) is 22.8 Å². The van der Waals surface area contributed by atoms with E-state index in [0.717, 1.165) is 6.07 Å². The maximum Gasteiger partial charge on any atom is 0.391 e. The second-order valence-electron chi connectivity index (χ2n) is 9.20. The van der Waals surface area contributed by atoms with E-state index in [2.05, 4.69) is 15.0 Å². The van der Waals surface area contributed by atoms with E-state index in [0.29, 0.717) is 17.7 Å². The van der Waals surface area contributed by atoms with Crippen molar-refractivity contribution >= 4 is 9.84 Å². The van der Waals surface area contributed by atoms with Crippen LogP contribution in [0.4, 0.5) is 17.6 Å². The molecule has 0 spiro atoms. The maximum atomic E-state index is 15.3. The summed E-state index contributed by atoms with van der Waals surface area (Å²) in [6.45, 7) is 0.341. The SMILES string of the molecule is O=S(=O)(Cc1ccncn1)c1cc2c(cc1F)C(N1CC[C@@H](C(F)(F)F)C[C@H]1c1ccccn1)CCO2. The summed E-state index contributed by atoms with van der Waals surface area (Å²) in [6.07, 6.45) is -0.0205. The Morgan fingerprint density at radius 3 is 2.59 bits per heavy atom. The Balaban J connectivity index is 1.49. The summed E-state index contributed by atoms with van der Waals surface area (Å²) >= 11 is 0. The van der Waals surface area contributed by atoms with Gasteiger partial charge in [-0.3, -0.25) is 9.88 Å². The highest BCUT2D eigenvalue weighted by Gasteiger charge is 2.47. The smallest absolute Gasteiger partial charge is 0.391 e. The van der Waals surface area contributed by atoms with Crippen LogP contribution in [0, 0.1) is 11.7 Å². The lowest BCUT2D eigenvalue weighted by Crippen LogP contribution is -2.44. The van der Waals surface area contributed by atoms with Crippen LogP contribution in [-0.2, 0) is 15.6 Å². The van der Waals surface area contributed by atoms with Crippen molar-refractivity contribution in [2.24, 2.45) is 5.92 Å². The van der Waals surface area contributed by atoms with Crippen molar-refractivity contribution in [2.75, 3.05) is 13.2 Å². The molecule has 1 saturated heterocycles. The van der Waals surface area contributed by atoms with Gasteiger partial charge in [0.2, 0.25) is 0 Å². The number of piperidine rings is 1. The van der Waals surface area contributed by atoms with Gasteiger partial charge in [-0.15, -0.1) is 0 Å². The number of nitrogens with zero attached hydrogens (tertiary/aromatic N) is 4. The molecule has 0 bridgehead atoms. The summed E-state index contributed by atoms with van der Waals surface area (Å²) in [7, 11) is -4.09. The molecule has 3 atom stereocenters. The highest BCUT2D eigenvalue weighted by molar-refractivity contribution is 7.90. The first kappa shape index (κ1) is 25.5. The van der Waals surface area contributed by atoms with E-state index in [1.807, 2.05) is 4.90 Å². The van der Waals surface area contributed by atoms with Gasteiger partial charge in [0, 0.05) is 43.0 Å². The number of benzene rings is 1. The number of hydrogen-bond acceptors (Lipinski definition) is 7. The molecule has 5 rings (SSSR count). The van der Waals surface area contributed by atoms with Crippen LogP contribution in [0.2, 0.25) is 0 Å². The molecule has 1 aromatic carbocycles. The fraction of sp³-hybridized carbons (Fsp3) is 0.400. The van der Waals surface area contributed by atoms with Crippen molar-refractivity contribution in [3.63, 3.8) is 0 Å². The van der Waals surface area contributed by atoms with Gasteiger partial charge in [0.05, 0.1) is 35.7 Å². The molecule has 1 unspecified atom stereocenters. The molecule has 0 amide bonds. The third-order valence-electron chi connectivity index (χ3n) is 6.92. The zero-order chi connectivity index (χ0) is 26.2. The van der Waals surface area contributed by atoms with Crippen LogP contribution >= 0.6 is 0 Å². The minimum atomic E-state index is -4.33. The highest BCUT2D eigenvalue weighted by atomic mass is 32.2. The number of ether oxygens (including phenoxy) is 1. The summed E-state index contributed by atoms with van der Waals surface area (Å²) in [5, 5.41) is 0. The number of aromatic nitrogens is 3. The van der Waals surface area contributed by atoms with Crippen molar-refractivity contribution in [2.45, 2.75) is 48.2 Å². The molecular weight excluding hydrogens is 512 g/mol. The molecule has 0 saturated carbocycles. The minimum absolute atomic E-state index is 0.0899. The van der Waals surface area contributed by atoms with Crippen LogP contribution in [0.15, 0.2) is 60.0 Å². The second kappa shape index (κ2) is 9.97.